The Balaban J connectivity index is 2.23. The maximum absolute atomic E-state index is 11.8. The lowest BCUT2D eigenvalue weighted by atomic mass is 9.95. The highest BCUT2D eigenvalue weighted by atomic mass is 16.8. The molecule has 2 aliphatic rings. The molecule has 0 aromatic rings. The lowest BCUT2D eigenvalue weighted by Gasteiger charge is -2.49. The molecule has 2 heterocycles. The van der Waals surface area contributed by atoms with Gasteiger partial charge in [0.2, 0.25) is 6.29 Å². The smallest absolute Gasteiger partial charge is 0.430 e. The minimum Gasteiger partial charge on any atom is -0.430 e. The second-order valence-electron chi connectivity index (χ2n) is 6.09. The molecule has 2 saturated heterocycles. The predicted octanol–water partition coefficient (Wildman–Crippen LogP) is 2.45. The quantitative estimate of drug-likeness (QED) is 0.222. The van der Waals surface area contributed by atoms with Gasteiger partial charge in [0.25, 0.3) is 0 Å². The van der Waals surface area contributed by atoms with Crippen LogP contribution >= 0.6 is 0 Å². The summed E-state index contributed by atoms with van der Waals surface area (Å²) in [7, 11) is 0. The van der Waals surface area contributed by atoms with Gasteiger partial charge in [0.1, 0.15) is 31.0 Å². The summed E-state index contributed by atoms with van der Waals surface area (Å²) in [5.41, 5.74) is 8.93. The van der Waals surface area contributed by atoms with E-state index < -0.39 is 42.6 Å². The van der Waals surface area contributed by atoms with Crippen LogP contribution in [0.25, 0.3) is 10.4 Å². The summed E-state index contributed by atoms with van der Waals surface area (Å²) in [5.74, 6) is -0.863. The van der Waals surface area contributed by atoms with Gasteiger partial charge in [0.05, 0.1) is 13.2 Å². The molecule has 0 aromatic heterocycles. The lowest BCUT2D eigenvalue weighted by Crippen LogP contribution is -2.65. The Labute approximate surface area is 151 Å². The van der Waals surface area contributed by atoms with Gasteiger partial charge < -0.3 is 28.4 Å². The minimum absolute atomic E-state index is 0.0272. The van der Waals surface area contributed by atoms with Crippen molar-refractivity contribution in [3.8, 4) is 0 Å². The van der Waals surface area contributed by atoms with E-state index in [4.69, 9.17) is 34.0 Å². The van der Waals surface area contributed by atoms with E-state index >= 15 is 0 Å². The summed E-state index contributed by atoms with van der Waals surface area (Å²) in [6.45, 7) is 10.9. The van der Waals surface area contributed by atoms with Gasteiger partial charge in [-0.05, 0) is 19.4 Å². The molecular weight excluding hydrogens is 346 g/mol. The van der Waals surface area contributed by atoms with Crippen LogP contribution in [-0.2, 0) is 28.4 Å². The van der Waals surface area contributed by atoms with Crippen molar-refractivity contribution in [3.63, 3.8) is 0 Å². The van der Waals surface area contributed by atoms with Gasteiger partial charge in [-0.15, -0.1) is 6.58 Å². The van der Waals surface area contributed by atoms with Crippen molar-refractivity contribution in [1.29, 1.82) is 0 Å². The van der Waals surface area contributed by atoms with Gasteiger partial charge in [0.15, 0.2) is 5.79 Å². The Kier molecular flexibility index (Phi) is 7.01. The number of hydrogen-bond donors (Lipinski definition) is 0. The number of fused-ring (bicyclic) bond motifs is 1. The third-order valence-corrected chi connectivity index (χ3v) is 3.75. The summed E-state index contributed by atoms with van der Waals surface area (Å²) in [6.07, 6.45) is -1.15. The second kappa shape index (κ2) is 9.02. The first-order valence-corrected chi connectivity index (χ1v) is 8.10. The maximum Gasteiger partial charge on any atom is 0.510 e. The molecule has 0 radical (unpaired) electrons. The van der Waals surface area contributed by atoms with Crippen molar-refractivity contribution in [3.05, 3.63) is 35.8 Å². The maximum atomic E-state index is 11.8. The van der Waals surface area contributed by atoms with E-state index in [0.29, 0.717) is 0 Å². The summed E-state index contributed by atoms with van der Waals surface area (Å²) in [4.78, 5) is 14.6. The highest BCUT2D eigenvalue weighted by molar-refractivity contribution is 5.60. The van der Waals surface area contributed by atoms with E-state index in [2.05, 4.69) is 23.2 Å². The summed E-state index contributed by atoms with van der Waals surface area (Å²) in [6, 6.07) is -0.980. The van der Waals surface area contributed by atoms with Gasteiger partial charge in [-0.2, -0.15) is 0 Å². The fourth-order valence-electron chi connectivity index (χ4n) is 2.72. The third-order valence-electron chi connectivity index (χ3n) is 3.75. The molecule has 2 rings (SSSR count). The van der Waals surface area contributed by atoms with E-state index in [1.54, 1.807) is 19.9 Å². The number of azide groups is 1. The van der Waals surface area contributed by atoms with Crippen molar-refractivity contribution in [2.75, 3.05) is 19.8 Å². The molecule has 0 saturated carbocycles. The van der Waals surface area contributed by atoms with Crippen molar-refractivity contribution in [2.24, 2.45) is 5.11 Å². The molecule has 0 unspecified atom stereocenters. The van der Waals surface area contributed by atoms with Gasteiger partial charge in [-0.1, -0.05) is 23.8 Å². The van der Waals surface area contributed by atoms with Gasteiger partial charge >= 0.3 is 6.16 Å². The van der Waals surface area contributed by atoms with Crippen LogP contribution in [0.5, 0.6) is 0 Å². The average molecular weight is 369 g/mol. The Morgan fingerprint density at radius 2 is 2.12 bits per heavy atom. The van der Waals surface area contributed by atoms with Crippen molar-refractivity contribution >= 4 is 6.16 Å². The normalized spacial score (nSPS) is 32.5. The van der Waals surface area contributed by atoms with Gasteiger partial charge in [-0.3, -0.25) is 0 Å². The van der Waals surface area contributed by atoms with Crippen molar-refractivity contribution in [1.82, 2.24) is 0 Å². The highest BCUT2D eigenvalue weighted by Crippen LogP contribution is 2.35. The zero-order chi connectivity index (χ0) is 19.2. The first-order valence-electron chi connectivity index (χ1n) is 8.10. The number of ether oxygens (including phenoxy) is 6. The van der Waals surface area contributed by atoms with E-state index in [1.807, 2.05) is 0 Å². The first kappa shape index (κ1) is 20.2. The fourth-order valence-corrected chi connectivity index (χ4v) is 2.72. The summed E-state index contributed by atoms with van der Waals surface area (Å²) < 4.78 is 32.9. The number of nitrogens with zero attached hydrogens (tertiary/aromatic N) is 3. The summed E-state index contributed by atoms with van der Waals surface area (Å²) >= 11 is 0. The zero-order valence-corrected chi connectivity index (χ0v) is 14.8. The average Bonchev–Trinajstić information content (AvgIpc) is 2.59. The van der Waals surface area contributed by atoms with Gasteiger partial charge in [-0.25, -0.2) is 4.79 Å². The van der Waals surface area contributed by atoms with Crippen LogP contribution < -0.4 is 0 Å². The Hall–Kier alpha value is -2.10. The predicted molar refractivity (Wildman–Crippen MR) is 89.1 cm³/mol. The molecule has 10 heteroatoms. The molecule has 144 valence electrons. The number of rotatable bonds is 7. The van der Waals surface area contributed by atoms with Crippen molar-refractivity contribution in [2.45, 2.75) is 50.3 Å². The van der Waals surface area contributed by atoms with E-state index in [9.17, 15) is 4.79 Å². The molecule has 2 aliphatic heterocycles. The largest absolute Gasteiger partial charge is 0.510 e. The molecule has 2 fully saturated rings. The molecule has 0 bridgehead atoms. The van der Waals surface area contributed by atoms with Crippen LogP contribution in [0, 0.1) is 0 Å². The van der Waals surface area contributed by atoms with Crippen LogP contribution in [0.1, 0.15) is 13.8 Å². The van der Waals surface area contributed by atoms with Crippen LogP contribution in [0.15, 0.2) is 30.4 Å². The highest BCUT2D eigenvalue weighted by Gasteiger charge is 2.53. The van der Waals surface area contributed by atoms with E-state index in [-0.39, 0.29) is 19.8 Å². The monoisotopic (exact) mass is 369 g/mol. The van der Waals surface area contributed by atoms with E-state index in [1.165, 1.54) is 6.08 Å². The number of carbonyl (C=O) groups excluding carboxylic acids is 1. The van der Waals surface area contributed by atoms with Crippen LogP contribution in [0.4, 0.5) is 4.79 Å². The number of carbonyl (C=O) groups is 1. The number of hydrogen-bond acceptors (Lipinski definition) is 8. The topological polar surface area (TPSA) is 121 Å². The SMILES string of the molecule is C=CCOC(=O)O[C@@H]1O[C@@H]2COC(C)(C)O[C@H]2[C@H](OCC=C)[C@@H]1N=[N+]=[N-]. The van der Waals surface area contributed by atoms with E-state index in [0.717, 1.165) is 0 Å². The Morgan fingerprint density at radius 3 is 2.77 bits per heavy atom. The molecule has 0 aromatic carbocycles. The van der Waals surface area contributed by atoms with Crippen LogP contribution in [0.2, 0.25) is 0 Å². The van der Waals surface area contributed by atoms with Gasteiger partial charge in [0, 0.05) is 4.91 Å². The molecule has 5 atom stereocenters. The fraction of sp³-hybridized carbons (Fsp3) is 0.688. The first-order chi connectivity index (χ1) is 12.4. The van der Waals surface area contributed by atoms with Crippen molar-refractivity contribution < 1.29 is 33.2 Å². The lowest BCUT2D eigenvalue weighted by molar-refractivity contribution is -0.365. The molecule has 0 amide bonds. The Morgan fingerprint density at radius 1 is 1.38 bits per heavy atom. The second-order valence-corrected chi connectivity index (χ2v) is 6.09. The van der Waals surface area contributed by atoms with Crippen LogP contribution in [0.3, 0.4) is 0 Å². The molecule has 0 spiro atoms. The molecular formula is C16H23N3O7. The summed E-state index contributed by atoms with van der Waals surface area (Å²) in [5, 5.41) is 3.69. The van der Waals surface area contributed by atoms with Crippen LogP contribution in [-0.4, -0.2) is 62.4 Å². The molecule has 0 aliphatic carbocycles. The molecule has 26 heavy (non-hydrogen) atoms. The standard InChI is InChI=1S/C16H23N3O7/c1-5-7-21-13-11(18-19-17)14(25-15(20)22-8-6-2)24-10-9-23-16(3,4)26-12(10)13/h5-6,10-14H,1-2,7-9H2,3-4H3/t10-,11+,12-,13-,14+/m1/s1. The molecule has 10 nitrogen and oxygen atoms in total. The third kappa shape index (κ3) is 4.96. The molecule has 0 N–H and O–H groups in total. The zero-order valence-electron chi connectivity index (χ0n) is 14.8. The Bertz CT molecular complexity index is 576. The minimum atomic E-state index is -1.22.